The number of nitrogens with one attached hydrogen (secondary N) is 1. The van der Waals surface area contributed by atoms with Crippen molar-refractivity contribution in [1.29, 1.82) is 0 Å². The van der Waals surface area contributed by atoms with E-state index in [9.17, 15) is 18.0 Å². The highest BCUT2D eigenvalue weighted by Gasteiger charge is 2.49. The van der Waals surface area contributed by atoms with E-state index >= 15 is 0 Å². The number of ether oxygens (including phenoxy) is 1. The van der Waals surface area contributed by atoms with Gasteiger partial charge in [0, 0.05) is 19.6 Å². The second-order valence-electron chi connectivity index (χ2n) is 6.62. The lowest BCUT2D eigenvalue weighted by Gasteiger charge is -2.27. The molecule has 1 aromatic carbocycles. The van der Waals surface area contributed by atoms with Crippen LogP contribution in [0.5, 0.6) is 0 Å². The van der Waals surface area contributed by atoms with Crippen molar-refractivity contribution >= 4 is 21.8 Å². The Morgan fingerprint density at radius 2 is 1.81 bits per heavy atom. The van der Waals surface area contributed by atoms with Crippen molar-refractivity contribution in [3.63, 3.8) is 0 Å². The summed E-state index contributed by atoms with van der Waals surface area (Å²) in [7, 11) is -3.69. The Hall–Kier alpha value is -1.97. The summed E-state index contributed by atoms with van der Waals surface area (Å²) in [5.41, 5.74) is 0.898. The molecule has 1 saturated carbocycles. The Balaban J connectivity index is 1.41. The molecule has 1 aromatic rings. The fraction of sp³-hybridized carbons (Fsp3) is 0.529. The molecule has 0 bridgehead atoms. The quantitative estimate of drug-likeness (QED) is 0.688. The van der Waals surface area contributed by atoms with Gasteiger partial charge >= 0.3 is 0 Å². The number of carbonyl (C=O) groups excluding carboxylic acids is 2. The molecule has 2 amide bonds. The second-order valence-corrected chi connectivity index (χ2v) is 8.18. The van der Waals surface area contributed by atoms with E-state index in [1.165, 1.54) is 12.1 Å². The van der Waals surface area contributed by atoms with Gasteiger partial charge in [0.1, 0.15) is 0 Å². The third-order valence-corrected chi connectivity index (χ3v) is 5.66. The Morgan fingerprint density at radius 1 is 1.15 bits per heavy atom. The van der Waals surface area contributed by atoms with Gasteiger partial charge in [-0.3, -0.25) is 9.59 Å². The number of primary sulfonamides is 1. The molecule has 1 aliphatic carbocycles. The first-order valence-corrected chi connectivity index (χ1v) is 10.2. The molecule has 8 nitrogen and oxygen atoms in total. The number of nitrogens with zero attached hydrogens (tertiary/aromatic N) is 1. The van der Waals surface area contributed by atoms with Gasteiger partial charge in [0.15, 0.2) is 0 Å². The summed E-state index contributed by atoms with van der Waals surface area (Å²) in [6, 6.07) is 6.25. The van der Waals surface area contributed by atoms with Gasteiger partial charge in [-0.2, -0.15) is 0 Å². The van der Waals surface area contributed by atoms with E-state index in [0.717, 1.165) is 5.56 Å². The molecule has 3 N–H and O–H groups in total. The summed E-state index contributed by atoms with van der Waals surface area (Å²) >= 11 is 0. The lowest BCUT2D eigenvalue weighted by Crippen LogP contribution is -2.42. The van der Waals surface area contributed by atoms with Crippen LogP contribution in [0.4, 0.5) is 0 Å². The molecule has 1 saturated heterocycles. The van der Waals surface area contributed by atoms with Gasteiger partial charge in [-0.1, -0.05) is 12.1 Å². The predicted molar refractivity (Wildman–Crippen MR) is 93.5 cm³/mol. The standard InChI is InChI=1S/C17H23N3O5S/c18-26(23,24)13-3-1-12(2-4-13)5-6-19-16(21)14-11-15(14)17(22)20-7-9-25-10-8-20/h1-4,14-15H,5-11H2,(H,19,21)(H2,18,23,24). The number of rotatable bonds is 6. The Labute approximate surface area is 152 Å². The van der Waals surface area contributed by atoms with Gasteiger partial charge in [-0.05, 0) is 30.5 Å². The van der Waals surface area contributed by atoms with Crippen molar-refractivity contribution in [3.05, 3.63) is 29.8 Å². The Kier molecular flexibility index (Phi) is 5.59. The maximum Gasteiger partial charge on any atom is 0.238 e. The summed E-state index contributed by atoms with van der Waals surface area (Å²) in [6.45, 7) is 2.73. The van der Waals surface area contributed by atoms with Crippen LogP contribution in [-0.4, -0.2) is 58.0 Å². The highest BCUT2D eigenvalue weighted by molar-refractivity contribution is 7.89. The lowest BCUT2D eigenvalue weighted by molar-refractivity contribution is -0.138. The fourth-order valence-electron chi connectivity index (χ4n) is 3.08. The average Bonchev–Trinajstić information content (AvgIpc) is 3.42. The molecule has 2 aliphatic rings. The maximum atomic E-state index is 12.3. The number of carbonyl (C=O) groups is 2. The second kappa shape index (κ2) is 7.73. The largest absolute Gasteiger partial charge is 0.378 e. The number of morpholine rings is 1. The number of hydrogen-bond donors (Lipinski definition) is 2. The predicted octanol–water partition coefficient (Wildman–Crippen LogP) is -0.512. The molecule has 142 valence electrons. The van der Waals surface area contributed by atoms with Gasteiger partial charge in [0.2, 0.25) is 21.8 Å². The van der Waals surface area contributed by atoms with Crippen LogP contribution in [0.1, 0.15) is 12.0 Å². The van der Waals surface area contributed by atoms with E-state index in [1.54, 1.807) is 17.0 Å². The topological polar surface area (TPSA) is 119 Å². The molecule has 1 heterocycles. The van der Waals surface area contributed by atoms with Gasteiger partial charge in [-0.15, -0.1) is 0 Å². The Morgan fingerprint density at radius 3 is 2.42 bits per heavy atom. The zero-order chi connectivity index (χ0) is 18.7. The van der Waals surface area contributed by atoms with Gasteiger partial charge in [-0.25, -0.2) is 13.6 Å². The maximum absolute atomic E-state index is 12.3. The first kappa shape index (κ1) is 18.8. The molecule has 1 aliphatic heterocycles. The van der Waals surface area contributed by atoms with E-state index in [-0.39, 0.29) is 28.5 Å². The number of nitrogens with two attached hydrogens (primary N) is 1. The highest BCUT2D eigenvalue weighted by atomic mass is 32.2. The van der Waals surface area contributed by atoms with Crippen molar-refractivity contribution in [2.75, 3.05) is 32.8 Å². The van der Waals surface area contributed by atoms with Crippen molar-refractivity contribution in [3.8, 4) is 0 Å². The molecule has 2 unspecified atom stereocenters. The van der Waals surface area contributed by atoms with Gasteiger partial charge in [0.05, 0.1) is 29.9 Å². The van der Waals surface area contributed by atoms with E-state index in [4.69, 9.17) is 9.88 Å². The molecule has 0 radical (unpaired) electrons. The highest BCUT2D eigenvalue weighted by Crippen LogP contribution is 2.40. The monoisotopic (exact) mass is 381 g/mol. The summed E-state index contributed by atoms with van der Waals surface area (Å²) in [5.74, 6) is -0.498. The van der Waals surface area contributed by atoms with Crippen molar-refractivity contribution in [2.24, 2.45) is 17.0 Å². The number of hydrogen-bond acceptors (Lipinski definition) is 5. The molecular formula is C17H23N3O5S. The molecule has 2 atom stereocenters. The molecule has 2 fully saturated rings. The SMILES string of the molecule is NS(=O)(=O)c1ccc(CCNC(=O)C2CC2C(=O)N2CCOCC2)cc1. The summed E-state index contributed by atoms with van der Waals surface area (Å²) in [6.07, 6.45) is 1.18. The smallest absolute Gasteiger partial charge is 0.238 e. The van der Waals surface area contributed by atoms with Gasteiger partial charge in [0.25, 0.3) is 0 Å². The van der Waals surface area contributed by atoms with E-state index in [1.807, 2.05) is 0 Å². The molecule has 9 heteroatoms. The summed E-state index contributed by atoms with van der Waals surface area (Å²) < 4.78 is 27.7. The van der Waals surface area contributed by atoms with E-state index < -0.39 is 10.0 Å². The number of benzene rings is 1. The molecule has 26 heavy (non-hydrogen) atoms. The van der Waals surface area contributed by atoms with E-state index in [2.05, 4.69) is 5.32 Å². The number of sulfonamides is 1. The minimum atomic E-state index is -3.69. The third kappa shape index (κ3) is 4.60. The van der Waals surface area contributed by atoms with Crippen LogP contribution < -0.4 is 10.5 Å². The minimum absolute atomic E-state index is 0.0482. The molecule has 3 rings (SSSR count). The van der Waals surface area contributed by atoms with Crippen LogP contribution in [0, 0.1) is 11.8 Å². The van der Waals surface area contributed by atoms with E-state index in [0.29, 0.717) is 45.7 Å². The average molecular weight is 381 g/mol. The van der Waals surface area contributed by atoms with Crippen LogP contribution in [-0.2, 0) is 30.8 Å². The van der Waals surface area contributed by atoms with Crippen molar-refractivity contribution < 1.29 is 22.7 Å². The normalized spacial score (nSPS) is 22.7. The third-order valence-electron chi connectivity index (χ3n) is 4.73. The van der Waals surface area contributed by atoms with Crippen LogP contribution in [0.3, 0.4) is 0 Å². The fourth-order valence-corrected chi connectivity index (χ4v) is 3.60. The zero-order valence-corrected chi connectivity index (χ0v) is 15.2. The molecular weight excluding hydrogens is 358 g/mol. The van der Waals surface area contributed by atoms with Crippen LogP contribution in [0.2, 0.25) is 0 Å². The molecule has 0 spiro atoms. The Bertz CT molecular complexity index is 772. The first-order chi connectivity index (χ1) is 12.4. The zero-order valence-electron chi connectivity index (χ0n) is 14.4. The minimum Gasteiger partial charge on any atom is -0.378 e. The van der Waals surface area contributed by atoms with Crippen LogP contribution in [0.25, 0.3) is 0 Å². The van der Waals surface area contributed by atoms with Crippen molar-refractivity contribution in [1.82, 2.24) is 10.2 Å². The van der Waals surface area contributed by atoms with Crippen LogP contribution >= 0.6 is 0 Å². The lowest BCUT2D eigenvalue weighted by atomic mass is 10.1. The van der Waals surface area contributed by atoms with Crippen LogP contribution in [0.15, 0.2) is 29.2 Å². The molecule has 0 aromatic heterocycles. The van der Waals surface area contributed by atoms with Crippen molar-refractivity contribution in [2.45, 2.75) is 17.7 Å². The summed E-state index contributed by atoms with van der Waals surface area (Å²) in [4.78, 5) is 26.3. The number of amides is 2. The summed E-state index contributed by atoms with van der Waals surface area (Å²) in [5, 5.41) is 7.90. The van der Waals surface area contributed by atoms with Gasteiger partial charge < -0.3 is 15.0 Å². The first-order valence-electron chi connectivity index (χ1n) is 8.62.